The van der Waals surface area contributed by atoms with Crippen molar-refractivity contribution in [3.8, 4) is 17.3 Å². The molecule has 0 aliphatic heterocycles. The van der Waals surface area contributed by atoms with Crippen molar-refractivity contribution in [2.24, 2.45) is 0 Å². The number of carbonyl (C=O) groups excluding carboxylic acids is 3. The summed E-state index contributed by atoms with van der Waals surface area (Å²) >= 11 is 0. The first kappa shape index (κ1) is 29.3. The zero-order valence-electron chi connectivity index (χ0n) is 22.6. The van der Waals surface area contributed by atoms with Crippen molar-refractivity contribution < 1.29 is 33.0 Å². The van der Waals surface area contributed by atoms with Crippen LogP contribution >= 0.6 is 0 Å². The van der Waals surface area contributed by atoms with E-state index >= 15 is 4.39 Å². The minimum atomic E-state index is -1.08. The molecule has 2 amide bonds. The molecule has 0 aliphatic carbocycles. The molecule has 0 aliphatic rings. The summed E-state index contributed by atoms with van der Waals surface area (Å²) in [6, 6.07) is 5.52. The fourth-order valence-electron chi connectivity index (χ4n) is 3.25. The van der Waals surface area contributed by atoms with Crippen molar-refractivity contribution in [3.63, 3.8) is 0 Å². The summed E-state index contributed by atoms with van der Waals surface area (Å²) in [6.07, 6.45) is -2.31. The molecule has 1 aromatic carbocycles. The Labute approximate surface area is 215 Å². The smallest absolute Gasteiger partial charge is 0.425 e. The number of esters is 1. The number of rotatable bonds is 5. The van der Waals surface area contributed by atoms with Gasteiger partial charge in [-0.2, -0.15) is 15.3 Å². The minimum Gasteiger partial charge on any atom is -0.469 e. The van der Waals surface area contributed by atoms with Gasteiger partial charge in [-0.1, -0.05) is 6.07 Å². The molecule has 0 N–H and O–H groups in total. The number of nitriles is 1. The second-order valence-electron chi connectivity index (χ2n) is 10.6. The number of hydrogen-bond donors (Lipinski definition) is 0. The average molecular weight is 517 g/mol. The number of hydrogen-bond acceptors (Lipinski definition) is 8. The summed E-state index contributed by atoms with van der Waals surface area (Å²) < 4.78 is 32.0. The molecule has 200 valence electrons. The molecular weight excluding hydrogens is 483 g/mol. The Morgan fingerprint density at radius 1 is 1.08 bits per heavy atom. The van der Waals surface area contributed by atoms with E-state index in [0.717, 1.165) is 6.07 Å². The van der Waals surface area contributed by atoms with Crippen LogP contribution in [0, 0.1) is 17.1 Å². The number of nitrogens with zero attached hydrogens (tertiary/aromatic N) is 4. The van der Waals surface area contributed by atoms with Crippen LogP contribution in [0.15, 0.2) is 18.2 Å². The van der Waals surface area contributed by atoms with Crippen molar-refractivity contribution in [3.05, 3.63) is 35.1 Å². The van der Waals surface area contributed by atoms with E-state index in [2.05, 4.69) is 9.84 Å². The van der Waals surface area contributed by atoms with Gasteiger partial charge in [0.25, 0.3) is 0 Å². The fraction of sp³-hybridized carbons (Fsp3) is 0.500. The fourth-order valence-corrected chi connectivity index (χ4v) is 3.25. The van der Waals surface area contributed by atoms with Crippen molar-refractivity contribution in [2.75, 3.05) is 12.0 Å². The molecular formula is C26H33FN4O6. The molecule has 0 spiro atoms. The largest absolute Gasteiger partial charge is 0.469 e. The van der Waals surface area contributed by atoms with Gasteiger partial charge in [0, 0.05) is 11.6 Å². The van der Waals surface area contributed by atoms with Crippen LogP contribution in [0.3, 0.4) is 0 Å². The van der Waals surface area contributed by atoms with Gasteiger partial charge in [-0.05, 0) is 73.1 Å². The predicted octanol–water partition coefficient (Wildman–Crippen LogP) is 5.53. The molecule has 11 heteroatoms. The second-order valence-corrected chi connectivity index (χ2v) is 10.6. The van der Waals surface area contributed by atoms with E-state index in [1.807, 2.05) is 6.07 Å². The molecule has 0 radical (unpaired) electrons. The number of amides is 2. The highest BCUT2D eigenvalue weighted by Gasteiger charge is 2.39. The van der Waals surface area contributed by atoms with Gasteiger partial charge in [0.05, 0.1) is 13.5 Å². The minimum absolute atomic E-state index is 0.0563. The quantitative estimate of drug-likeness (QED) is 0.375. The average Bonchev–Trinajstić information content (AvgIpc) is 3.10. The van der Waals surface area contributed by atoms with E-state index in [0.29, 0.717) is 10.5 Å². The number of anilines is 1. The van der Waals surface area contributed by atoms with Gasteiger partial charge in [0.2, 0.25) is 0 Å². The second kappa shape index (κ2) is 11.0. The number of methoxy groups -OCH3 is 1. The lowest BCUT2D eigenvalue weighted by atomic mass is 10.0. The van der Waals surface area contributed by atoms with Crippen LogP contribution in [0.25, 0.3) is 11.3 Å². The number of carbonyl (C=O) groups is 3. The third-order valence-corrected chi connectivity index (χ3v) is 4.71. The van der Waals surface area contributed by atoms with Gasteiger partial charge in [-0.25, -0.2) is 18.7 Å². The normalized spacial score (nSPS) is 11.6. The molecule has 0 saturated carbocycles. The summed E-state index contributed by atoms with van der Waals surface area (Å²) in [4.78, 5) is 38.7. The lowest BCUT2D eigenvalue weighted by Crippen LogP contribution is -2.45. The van der Waals surface area contributed by atoms with Crippen LogP contribution in [-0.4, -0.2) is 46.2 Å². The first-order valence-electron chi connectivity index (χ1n) is 11.6. The highest BCUT2D eigenvalue weighted by atomic mass is 19.1. The molecule has 0 saturated heterocycles. The molecule has 2 rings (SSSR count). The summed E-state index contributed by atoms with van der Waals surface area (Å²) in [5.41, 5.74) is -1.97. The molecule has 37 heavy (non-hydrogen) atoms. The number of imide groups is 1. The van der Waals surface area contributed by atoms with Crippen LogP contribution in [0.5, 0.6) is 0 Å². The number of halogens is 1. The van der Waals surface area contributed by atoms with E-state index in [9.17, 15) is 19.6 Å². The Balaban J connectivity index is 2.78. The molecule has 1 heterocycles. The summed E-state index contributed by atoms with van der Waals surface area (Å²) in [5.74, 6) is -1.51. The van der Waals surface area contributed by atoms with E-state index in [-0.39, 0.29) is 29.1 Å². The molecule has 0 unspecified atom stereocenters. The molecule has 10 nitrogen and oxygen atoms in total. The van der Waals surface area contributed by atoms with E-state index in [4.69, 9.17) is 9.47 Å². The zero-order valence-corrected chi connectivity index (χ0v) is 22.6. The third-order valence-electron chi connectivity index (χ3n) is 4.71. The summed E-state index contributed by atoms with van der Waals surface area (Å²) in [6.45, 7) is 13.2. The van der Waals surface area contributed by atoms with E-state index < -0.39 is 41.2 Å². The molecule has 0 fully saturated rings. The topological polar surface area (TPSA) is 124 Å². The third kappa shape index (κ3) is 7.29. The van der Waals surface area contributed by atoms with Crippen LogP contribution in [-0.2, 0) is 25.4 Å². The maximum absolute atomic E-state index is 15.2. The van der Waals surface area contributed by atoms with E-state index in [1.54, 1.807) is 55.4 Å². The zero-order chi connectivity index (χ0) is 28.3. The Bertz CT molecular complexity index is 1200. The van der Waals surface area contributed by atoms with Gasteiger partial charge >= 0.3 is 18.2 Å². The van der Waals surface area contributed by atoms with Crippen molar-refractivity contribution in [2.45, 2.75) is 79.1 Å². The summed E-state index contributed by atoms with van der Waals surface area (Å²) in [7, 11) is 1.23. The first-order chi connectivity index (χ1) is 17.0. The van der Waals surface area contributed by atoms with Gasteiger partial charge in [0.15, 0.2) is 5.82 Å². The Hall–Kier alpha value is -3.94. The van der Waals surface area contributed by atoms with Crippen LogP contribution in [0.2, 0.25) is 0 Å². The Kier molecular flexibility index (Phi) is 8.70. The lowest BCUT2D eigenvalue weighted by molar-refractivity contribution is -0.139. The summed E-state index contributed by atoms with van der Waals surface area (Å²) in [5, 5.41) is 14.5. The standard InChI is InChI=1S/C26H33FN4O6/c1-15(2)31-22(30(23(33)36-25(3,4)5)24(34)37-26(6,7)8)18(14-28)21(29-31)17-11-10-16(12-19(17)27)13-20(32)35-9/h10-12,15H,13H2,1-9H3. The monoisotopic (exact) mass is 516 g/mol. The van der Waals surface area contributed by atoms with Crippen LogP contribution in [0.1, 0.15) is 72.6 Å². The number of ether oxygens (including phenoxy) is 3. The van der Waals surface area contributed by atoms with Crippen LogP contribution in [0.4, 0.5) is 19.8 Å². The van der Waals surface area contributed by atoms with Gasteiger partial charge in [0.1, 0.15) is 34.3 Å². The van der Waals surface area contributed by atoms with Crippen molar-refractivity contribution >= 4 is 24.0 Å². The van der Waals surface area contributed by atoms with Crippen molar-refractivity contribution in [1.82, 2.24) is 9.78 Å². The molecule has 2 aromatic rings. The Morgan fingerprint density at radius 2 is 1.62 bits per heavy atom. The lowest BCUT2D eigenvalue weighted by Gasteiger charge is -2.29. The number of benzene rings is 1. The maximum atomic E-state index is 15.2. The Morgan fingerprint density at radius 3 is 2.03 bits per heavy atom. The highest BCUT2D eigenvalue weighted by Crippen LogP contribution is 2.36. The van der Waals surface area contributed by atoms with Gasteiger partial charge < -0.3 is 14.2 Å². The van der Waals surface area contributed by atoms with Gasteiger partial charge in [-0.15, -0.1) is 0 Å². The highest BCUT2D eigenvalue weighted by molar-refractivity contribution is 6.10. The molecule has 0 bridgehead atoms. The number of aromatic nitrogens is 2. The first-order valence-corrected chi connectivity index (χ1v) is 11.6. The predicted molar refractivity (Wildman–Crippen MR) is 133 cm³/mol. The van der Waals surface area contributed by atoms with Crippen LogP contribution < -0.4 is 4.90 Å². The molecule has 0 atom stereocenters. The van der Waals surface area contributed by atoms with Gasteiger partial charge in [-0.3, -0.25) is 4.79 Å². The van der Waals surface area contributed by atoms with Crippen molar-refractivity contribution in [1.29, 1.82) is 5.26 Å². The molecule has 1 aromatic heterocycles. The SMILES string of the molecule is COC(=O)Cc1ccc(-c2nn(C(C)C)c(N(C(=O)OC(C)(C)C)C(=O)OC(C)(C)C)c2C#N)c(F)c1. The van der Waals surface area contributed by atoms with E-state index in [1.165, 1.54) is 23.9 Å². The maximum Gasteiger partial charge on any atom is 0.425 e.